The second-order valence-corrected chi connectivity index (χ2v) is 4.16. The van der Waals surface area contributed by atoms with E-state index in [2.05, 4.69) is 0 Å². The fraction of sp³-hybridized carbons (Fsp3) is 0.333. The summed E-state index contributed by atoms with van der Waals surface area (Å²) in [6, 6.07) is 4.78. The van der Waals surface area contributed by atoms with E-state index in [1.807, 2.05) is 0 Å². The minimum absolute atomic E-state index is 0.109. The third kappa shape index (κ3) is 4.88. The largest absolute Gasteiger partial charge is 0.480 e. The van der Waals surface area contributed by atoms with Gasteiger partial charge < -0.3 is 10.8 Å². The van der Waals surface area contributed by atoms with Crippen molar-refractivity contribution in [3.05, 3.63) is 35.4 Å². The number of benzene rings is 1. The van der Waals surface area contributed by atoms with Gasteiger partial charge in [0.2, 0.25) is 5.91 Å². The summed E-state index contributed by atoms with van der Waals surface area (Å²) in [7, 11) is 0. The van der Waals surface area contributed by atoms with E-state index >= 15 is 0 Å². The van der Waals surface area contributed by atoms with Crippen LogP contribution in [-0.4, -0.2) is 35.0 Å². The van der Waals surface area contributed by atoms with Gasteiger partial charge >= 0.3 is 12.1 Å². The maximum Gasteiger partial charge on any atom is 0.416 e. The van der Waals surface area contributed by atoms with E-state index in [1.165, 1.54) is 18.2 Å². The lowest BCUT2D eigenvalue weighted by Crippen LogP contribution is -2.37. The second-order valence-electron chi connectivity index (χ2n) is 4.16. The summed E-state index contributed by atoms with van der Waals surface area (Å²) >= 11 is 0. The van der Waals surface area contributed by atoms with Crippen LogP contribution >= 0.6 is 0 Å². The highest BCUT2D eigenvalue weighted by molar-refractivity contribution is 5.77. The van der Waals surface area contributed by atoms with E-state index in [4.69, 9.17) is 10.8 Å². The zero-order chi connectivity index (χ0) is 15.3. The Morgan fingerprint density at radius 2 is 1.80 bits per heavy atom. The molecule has 1 amide bonds. The van der Waals surface area contributed by atoms with Crippen molar-refractivity contribution < 1.29 is 27.9 Å². The van der Waals surface area contributed by atoms with E-state index in [-0.39, 0.29) is 12.1 Å². The molecule has 0 unspecified atom stereocenters. The maximum atomic E-state index is 12.8. The van der Waals surface area contributed by atoms with Gasteiger partial charge in [-0.25, -0.2) is 0 Å². The fourth-order valence-electron chi connectivity index (χ4n) is 1.76. The first-order valence-electron chi connectivity index (χ1n) is 5.57. The molecule has 3 N–H and O–H groups in total. The highest BCUT2D eigenvalue weighted by Gasteiger charge is 2.33. The third-order valence-electron chi connectivity index (χ3n) is 2.46. The summed E-state index contributed by atoms with van der Waals surface area (Å²) in [6.45, 7) is -1.33. The molecule has 8 heteroatoms. The molecule has 20 heavy (non-hydrogen) atoms. The van der Waals surface area contributed by atoms with Crippen molar-refractivity contribution in [3.63, 3.8) is 0 Å². The monoisotopic (exact) mass is 290 g/mol. The zero-order valence-corrected chi connectivity index (χ0v) is 10.4. The predicted octanol–water partition coefficient (Wildman–Crippen LogP) is 1.08. The number of amides is 1. The number of carbonyl (C=O) groups is 2. The Bertz CT molecular complexity index is 487. The number of nitrogens with two attached hydrogens (primary N) is 1. The lowest BCUT2D eigenvalue weighted by atomic mass is 10.1. The Morgan fingerprint density at radius 3 is 2.30 bits per heavy atom. The summed E-state index contributed by atoms with van der Waals surface area (Å²) in [5, 5.41) is 8.69. The van der Waals surface area contributed by atoms with Crippen molar-refractivity contribution in [2.24, 2.45) is 5.73 Å². The van der Waals surface area contributed by atoms with Crippen LogP contribution in [0.1, 0.15) is 11.1 Å². The van der Waals surface area contributed by atoms with Crippen LogP contribution in [0.5, 0.6) is 0 Å². The summed E-state index contributed by atoms with van der Waals surface area (Å²) in [5.74, 6) is -2.06. The van der Waals surface area contributed by atoms with Crippen LogP contribution in [0, 0.1) is 0 Å². The van der Waals surface area contributed by atoms with Crippen molar-refractivity contribution in [1.29, 1.82) is 0 Å². The highest BCUT2D eigenvalue weighted by atomic mass is 19.4. The summed E-state index contributed by atoms with van der Waals surface area (Å²) in [5.41, 5.74) is 3.98. The number of alkyl halides is 3. The van der Waals surface area contributed by atoms with E-state index in [9.17, 15) is 22.8 Å². The number of halogens is 3. The molecule has 0 radical (unpaired) electrons. The molecule has 0 aliphatic rings. The Labute approximate surface area is 112 Å². The molecular weight excluding hydrogens is 277 g/mol. The molecule has 0 saturated carbocycles. The Kier molecular flexibility index (Phi) is 5.09. The molecule has 1 aromatic carbocycles. The average molecular weight is 290 g/mol. The normalized spacial score (nSPS) is 11.6. The van der Waals surface area contributed by atoms with Gasteiger partial charge in [0.05, 0.1) is 18.7 Å². The van der Waals surface area contributed by atoms with Gasteiger partial charge in [-0.3, -0.25) is 14.5 Å². The minimum atomic E-state index is -4.54. The van der Waals surface area contributed by atoms with E-state index in [1.54, 1.807) is 0 Å². The van der Waals surface area contributed by atoms with E-state index in [0.717, 1.165) is 11.0 Å². The third-order valence-corrected chi connectivity index (χ3v) is 2.46. The summed E-state index contributed by atoms with van der Waals surface area (Å²) in [6.07, 6.45) is -4.54. The van der Waals surface area contributed by atoms with Gasteiger partial charge in [-0.2, -0.15) is 13.2 Å². The van der Waals surface area contributed by atoms with Crippen molar-refractivity contribution in [3.8, 4) is 0 Å². The number of hydrogen-bond acceptors (Lipinski definition) is 3. The fourth-order valence-corrected chi connectivity index (χ4v) is 1.76. The van der Waals surface area contributed by atoms with E-state index < -0.39 is 36.7 Å². The first-order valence-corrected chi connectivity index (χ1v) is 5.57. The average Bonchev–Trinajstić information content (AvgIpc) is 2.26. The van der Waals surface area contributed by atoms with Crippen LogP contribution in [0.15, 0.2) is 24.3 Å². The molecule has 110 valence electrons. The topological polar surface area (TPSA) is 83.6 Å². The maximum absolute atomic E-state index is 12.8. The number of primary amides is 1. The number of hydrogen-bond donors (Lipinski definition) is 2. The van der Waals surface area contributed by atoms with Crippen LogP contribution in [0.25, 0.3) is 0 Å². The second kappa shape index (κ2) is 6.38. The van der Waals surface area contributed by atoms with Crippen molar-refractivity contribution in [2.45, 2.75) is 12.7 Å². The minimum Gasteiger partial charge on any atom is -0.480 e. The lowest BCUT2D eigenvalue weighted by Gasteiger charge is -2.21. The van der Waals surface area contributed by atoms with Gasteiger partial charge in [0.1, 0.15) is 0 Å². The van der Waals surface area contributed by atoms with Gasteiger partial charge in [0.25, 0.3) is 0 Å². The number of carboxylic acids is 1. The number of carboxylic acid groups (broad SMARTS) is 1. The summed E-state index contributed by atoms with van der Waals surface area (Å²) in [4.78, 5) is 22.5. The SMILES string of the molecule is NC(=O)CN(CC(=O)O)Cc1ccccc1C(F)(F)F. The Morgan fingerprint density at radius 1 is 1.20 bits per heavy atom. The molecule has 0 spiro atoms. The van der Waals surface area contributed by atoms with Crippen LogP contribution < -0.4 is 5.73 Å². The molecule has 0 fully saturated rings. The molecule has 0 bridgehead atoms. The van der Waals surface area contributed by atoms with Gasteiger partial charge in [-0.05, 0) is 11.6 Å². The first kappa shape index (κ1) is 16.0. The van der Waals surface area contributed by atoms with Crippen LogP contribution in [-0.2, 0) is 22.3 Å². The summed E-state index contributed by atoms with van der Waals surface area (Å²) < 4.78 is 38.4. The van der Waals surface area contributed by atoms with E-state index in [0.29, 0.717) is 0 Å². The standard InChI is InChI=1S/C12H13F3N2O3/c13-12(14,15)9-4-2-1-3-8(9)5-17(6-10(16)18)7-11(19)20/h1-4H,5-7H2,(H2,16,18)(H,19,20). The molecular formula is C12H13F3N2O3. The number of rotatable bonds is 6. The zero-order valence-electron chi connectivity index (χ0n) is 10.4. The molecule has 0 aliphatic heterocycles. The van der Waals surface area contributed by atoms with Crippen LogP contribution in [0.2, 0.25) is 0 Å². The van der Waals surface area contributed by atoms with Gasteiger partial charge in [0.15, 0.2) is 0 Å². The van der Waals surface area contributed by atoms with Crippen molar-refractivity contribution >= 4 is 11.9 Å². The molecule has 0 aliphatic carbocycles. The van der Waals surface area contributed by atoms with Crippen LogP contribution in [0.3, 0.4) is 0 Å². The lowest BCUT2D eigenvalue weighted by molar-refractivity contribution is -0.139. The molecule has 0 aromatic heterocycles. The quantitative estimate of drug-likeness (QED) is 0.821. The van der Waals surface area contributed by atoms with Crippen molar-refractivity contribution in [1.82, 2.24) is 4.90 Å². The number of nitrogens with zero attached hydrogens (tertiary/aromatic N) is 1. The Hall–Kier alpha value is -2.09. The predicted molar refractivity (Wildman–Crippen MR) is 63.6 cm³/mol. The van der Waals surface area contributed by atoms with Crippen molar-refractivity contribution in [2.75, 3.05) is 13.1 Å². The molecule has 1 aromatic rings. The number of aliphatic carboxylic acids is 1. The molecule has 0 atom stereocenters. The molecule has 1 rings (SSSR count). The smallest absolute Gasteiger partial charge is 0.416 e. The first-order chi connectivity index (χ1) is 9.20. The van der Waals surface area contributed by atoms with Crippen LogP contribution in [0.4, 0.5) is 13.2 Å². The van der Waals surface area contributed by atoms with Gasteiger partial charge in [0, 0.05) is 6.54 Å². The molecule has 0 heterocycles. The van der Waals surface area contributed by atoms with Gasteiger partial charge in [-0.15, -0.1) is 0 Å². The highest BCUT2D eigenvalue weighted by Crippen LogP contribution is 2.32. The number of carbonyl (C=O) groups excluding carboxylic acids is 1. The Balaban J connectivity index is 2.98. The molecule has 0 saturated heterocycles. The van der Waals surface area contributed by atoms with Gasteiger partial charge in [-0.1, -0.05) is 18.2 Å². The molecule has 5 nitrogen and oxygen atoms in total.